The Bertz CT molecular complexity index is 413. The number of benzene rings is 1. The van der Waals surface area contributed by atoms with E-state index >= 15 is 0 Å². The van der Waals surface area contributed by atoms with Gasteiger partial charge in [0.1, 0.15) is 11.8 Å². The van der Waals surface area contributed by atoms with Gasteiger partial charge in [0.2, 0.25) is 5.91 Å². The van der Waals surface area contributed by atoms with E-state index in [1.165, 1.54) is 0 Å². The summed E-state index contributed by atoms with van der Waals surface area (Å²) in [6.07, 6.45) is 0. The number of rotatable bonds is 4. The van der Waals surface area contributed by atoms with Crippen molar-refractivity contribution in [2.45, 2.75) is 19.0 Å². The Morgan fingerprint density at radius 1 is 1.47 bits per heavy atom. The van der Waals surface area contributed by atoms with Gasteiger partial charge in [0.25, 0.3) is 0 Å². The molecule has 1 aromatic carbocycles. The van der Waals surface area contributed by atoms with Crippen LogP contribution in [0, 0.1) is 0 Å². The second-order valence-corrected chi connectivity index (χ2v) is 4.59. The lowest BCUT2D eigenvalue weighted by Crippen LogP contribution is -2.51. The highest BCUT2D eigenvalue weighted by atomic mass is 16.5. The van der Waals surface area contributed by atoms with E-state index in [1.54, 1.807) is 7.11 Å². The SMILES string of the molecule is COc1ccc([C@@H](C)NC(=O)C2COCCN2)cc1. The summed E-state index contributed by atoms with van der Waals surface area (Å²) in [4.78, 5) is 12.0. The van der Waals surface area contributed by atoms with Crippen LogP contribution in [-0.2, 0) is 9.53 Å². The van der Waals surface area contributed by atoms with Crippen molar-refractivity contribution < 1.29 is 14.3 Å². The fourth-order valence-corrected chi connectivity index (χ4v) is 2.02. The summed E-state index contributed by atoms with van der Waals surface area (Å²) in [5.41, 5.74) is 1.05. The molecule has 1 amide bonds. The summed E-state index contributed by atoms with van der Waals surface area (Å²) >= 11 is 0. The predicted molar refractivity (Wildman–Crippen MR) is 72.2 cm³/mol. The molecule has 0 spiro atoms. The van der Waals surface area contributed by atoms with Crippen LogP contribution in [-0.4, -0.2) is 38.8 Å². The monoisotopic (exact) mass is 264 g/mol. The van der Waals surface area contributed by atoms with Gasteiger partial charge in [0, 0.05) is 6.54 Å². The quantitative estimate of drug-likeness (QED) is 0.847. The average Bonchev–Trinajstić information content (AvgIpc) is 2.48. The number of amides is 1. The maximum absolute atomic E-state index is 12.0. The van der Waals surface area contributed by atoms with Gasteiger partial charge >= 0.3 is 0 Å². The minimum absolute atomic E-state index is 0.0250. The summed E-state index contributed by atoms with van der Waals surface area (Å²) < 4.78 is 10.4. The van der Waals surface area contributed by atoms with E-state index in [-0.39, 0.29) is 18.0 Å². The van der Waals surface area contributed by atoms with Crippen LogP contribution in [0.5, 0.6) is 5.75 Å². The summed E-state index contributed by atoms with van der Waals surface area (Å²) in [7, 11) is 1.63. The van der Waals surface area contributed by atoms with E-state index in [0.717, 1.165) is 17.9 Å². The first kappa shape index (κ1) is 13.8. The lowest BCUT2D eigenvalue weighted by Gasteiger charge is -2.25. The molecule has 1 saturated heterocycles. The maximum Gasteiger partial charge on any atom is 0.240 e. The fraction of sp³-hybridized carbons (Fsp3) is 0.500. The lowest BCUT2D eigenvalue weighted by molar-refractivity contribution is -0.126. The standard InChI is InChI=1S/C14H20N2O3/c1-10(11-3-5-12(18-2)6-4-11)16-14(17)13-9-19-8-7-15-13/h3-6,10,13,15H,7-9H2,1-2H3,(H,16,17)/t10-,13?/m1/s1. The molecule has 1 aliphatic heterocycles. The Hall–Kier alpha value is -1.59. The van der Waals surface area contributed by atoms with Gasteiger partial charge in [-0.3, -0.25) is 4.79 Å². The molecule has 19 heavy (non-hydrogen) atoms. The molecule has 1 fully saturated rings. The lowest BCUT2D eigenvalue weighted by atomic mass is 10.1. The number of hydrogen-bond acceptors (Lipinski definition) is 4. The fourth-order valence-electron chi connectivity index (χ4n) is 2.02. The molecule has 1 aliphatic rings. The number of hydrogen-bond donors (Lipinski definition) is 2. The zero-order valence-corrected chi connectivity index (χ0v) is 11.3. The van der Waals surface area contributed by atoms with Crippen molar-refractivity contribution in [3.8, 4) is 5.75 Å². The van der Waals surface area contributed by atoms with Crippen LogP contribution in [0.4, 0.5) is 0 Å². The van der Waals surface area contributed by atoms with Crippen LogP contribution >= 0.6 is 0 Å². The minimum atomic E-state index is -0.255. The smallest absolute Gasteiger partial charge is 0.240 e. The Morgan fingerprint density at radius 3 is 2.79 bits per heavy atom. The third-order valence-electron chi connectivity index (χ3n) is 3.21. The van der Waals surface area contributed by atoms with Gasteiger partial charge in [0.15, 0.2) is 0 Å². The van der Waals surface area contributed by atoms with Crippen molar-refractivity contribution in [3.63, 3.8) is 0 Å². The molecule has 0 radical (unpaired) electrons. The van der Waals surface area contributed by atoms with Gasteiger partial charge < -0.3 is 20.1 Å². The Labute approximate surface area is 113 Å². The Balaban J connectivity index is 1.91. The number of carbonyl (C=O) groups excluding carboxylic acids is 1. The van der Waals surface area contributed by atoms with Gasteiger partial charge in [-0.15, -0.1) is 0 Å². The molecule has 1 aromatic rings. The highest BCUT2D eigenvalue weighted by molar-refractivity contribution is 5.82. The minimum Gasteiger partial charge on any atom is -0.497 e. The topological polar surface area (TPSA) is 59.6 Å². The van der Waals surface area contributed by atoms with Crippen molar-refractivity contribution in [2.24, 2.45) is 0 Å². The van der Waals surface area contributed by atoms with Gasteiger partial charge in [0.05, 0.1) is 26.4 Å². The molecule has 0 bridgehead atoms. The van der Waals surface area contributed by atoms with E-state index in [4.69, 9.17) is 9.47 Å². The van der Waals surface area contributed by atoms with Crippen LogP contribution < -0.4 is 15.4 Å². The average molecular weight is 264 g/mol. The van der Waals surface area contributed by atoms with E-state index in [2.05, 4.69) is 10.6 Å². The van der Waals surface area contributed by atoms with Crippen LogP contribution in [0.25, 0.3) is 0 Å². The molecule has 0 saturated carbocycles. The van der Waals surface area contributed by atoms with E-state index in [9.17, 15) is 4.79 Å². The molecule has 2 rings (SSSR count). The Kier molecular flexibility index (Phi) is 4.76. The van der Waals surface area contributed by atoms with E-state index in [0.29, 0.717) is 13.2 Å². The van der Waals surface area contributed by atoms with E-state index < -0.39 is 0 Å². The van der Waals surface area contributed by atoms with Crippen molar-refractivity contribution in [2.75, 3.05) is 26.9 Å². The first-order valence-corrected chi connectivity index (χ1v) is 6.46. The summed E-state index contributed by atoms with van der Waals surface area (Å²) in [5, 5.41) is 6.12. The molecule has 5 heteroatoms. The highest BCUT2D eigenvalue weighted by Gasteiger charge is 2.22. The molecule has 5 nitrogen and oxygen atoms in total. The van der Waals surface area contributed by atoms with Crippen LogP contribution in [0.15, 0.2) is 24.3 Å². The molecule has 2 atom stereocenters. The van der Waals surface area contributed by atoms with Crippen LogP contribution in [0.2, 0.25) is 0 Å². The van der Waals surface area contributed by atoms with Crippen molar-refractivity contribution in [3.05, 3.63) is 29.8 Å². The Morgan fingerprint density at radius 2 is 2.21 bits per heavy atom. The number of ether oxygens (including phenoxy) is 2. The molecular weight excluding hydrogens is 244 g/mol. The summed E-state index contributed by atoms with van der Waals surface area (Å²) in [5.74, 6) is 0.785. The first-order chi connectivity index (χ1) is 9.20. The maximum atomic E-state index is 12.0. The highest BCUT2D eigenvalue weighted by Crippen LogP contribution is 2.17. The largest absolute Gasteiger partial charge is 0.497 e. The van der Waals surface area contributed by atoms with Crippen LogP contribution in [0.3, 0.4) is 0 Å². The van der Waals surface area contributed by atoms with Crippen molar-refractivity contribution in [1.82, 2.24) is 10.6 Å². The van der Waals surface area contributed by atoms with Gasteiger partial charge in [-0.2, -0.15) is 0 Å². The van der Waals surface area contributed by atoms with Gasteiger partial charge in [-0.1, -0.05) is 12.1 Å². The number of morpholine rings is 1. The number of nitrogens with one attached hydrogen (secondary N) is 2. The van der Waals surface area contributed by atoms with Gasteiger partial charge in [-0.05, 0) is 24.6 Å². The molecule has 104 valence electrons. The second kappa shape index (κ2) is 6.54. The predicted octanol–water partition coefficient (Wildman–Crippen LogP) is 0.861. The third kappa shape index (κ3) is 3.68. The van der Waals surface area contributed by atoms with Crippen LogP contribution in [0.1, 0.15) is 18.5 Å². The third-order valence-corrected chi connectivity index (χ3v) is 3.21. The van der Waals surface area contributed by atoms with Crippen molar-refractivity contribution >= 4 is 5.91 Å². The molecule has 2 N–H and O–H groups in total. The normalized spacial score (nSPS) is 20.6. The molecule has 1 heterocycles. The first-order valence-electron chi connectivity index (χ1n) is 6.46. The molecule has 0 aromatic heterocycles. The molecular formula is C14H20N2O3. The molecule has 0 aliphatic carbocycles. The zero-order valence-electron chi connectivity index (χ0n) is 11.3. The van der Waals surface area contributed by atoms with Gasteiger partial charge in [-0.25, -0.2) is 0 Å². The summed E-state index contributed by atoms with van der Waals surface area (Å²) in [6.45, 7) is 3.78. The van der Waals surface area contributed by atoms with Crippen molar-refractivity contribution in [1.29, 1.82) is 0 Å². The zero-order chi connectivity index (χ0) is 13.7. The number of methoxy groups -OCH3 is 1. The summed E-state index contributed by atoms with van der Waals surface area (Å²) in [6, 6.07) is 7.39. The second-order valence-electron chi connectivity index (χ2n) is 4.59. The number of carbonyl (C=O) groups is 1. The molecule has 1 unspecified atom stereocenters. The van der Waals surface area contributed by atoms with E-state index in [1.807, 2.05) is 31.2 Å².